The molecule has 6 heteroatoms. The predicted octanol–water partition coefficient (Wildman–Crippen LogP) is 1.97. The van der Waals surface area contributed by atoms with E-state index >= 15 is 0 Å². The number of aromatic nitrogens is 2. The molecule has 0 aromatic carbocycles. The van der Waals surface area contributed by atoms with Crippen molar-refractivity contribution in [3.8, 4) is 0 Å². The zero-order valence-electron chi connectivity index (χ0n) is 12.4. The van der Waals surface area contributed by atoms with Crippen molar-refractivity contribution in [1.82, 2.24) is 14.5 Å². The number of aromatic amines is 1. The van der Waals surface area contributed by atoms with E-state index < -0.39 is 5.69 Å². The Bertz CT molecular complexity index is 605. The summed E-state index contributed by atoms with van der Waals surface area (Å²) in [5, 5.41) is 0.173. The molecule has 1 N–H and O–H groups in total. The fraction of sp³-hybridized carbons (Fsp3) is 0.714. The van der Waals surface area contributed by atoms with Crippen LogP contribution >= 0.6 is 11.6 Å². The SMILES string of the molecule is CC(C)c1c(Cl)[nH]c(=O)n(C2CCN(C)C(C)C2)c1=O. The van der Waals surface area contributed by atoms with E-state index in [4.69, 9.17) is 11.6 Å². The highest BCUT2D eigenvalue weighted by atomic mass is 35.5. The molecule has 2 unspecified atom stereocenters. The lowest BCUT2D eigenvalue weighted by atomic mass is 9.98. The van der Waals surface area contributed by atoms with Gasteiger partial charge in [-0.2, -0.15) is 0 Å². The normalized spacial score (nSPS) is 24.3. The number of likely N-dealkylation sites (tertiary alicyclic amines) is 1. The quantitative estimate of drug-likeness (QED) is 0.850. The number of nitrogens with zero attached hydrogens (tertiary/aromatic N) is 2. The number of rotatable bonds is 2. The zero-order chi connectivity index (χ0) is 15.0. The van der Waals surface area contributed by atoms with Crippen molar-refractivity contribution in [2.45, 2.75) is 51.6 Å². The Labute approximate surface area is 123 Å². The van der Waals surface area contributed by atoms with Crippen LogP contribution in [0.5, 0.6) is 0 Å². The first-order chi connectivity index (χ1) is 9.32. The minimum atomic E-state index is -0.397. The molecule has 1 fully saturated rings. The Hall–Kier alpha value is -1.07. The van der Waals surface area contributed by atoms with Crippen LogP contribution in [-0.2, 0) is 0 Å². The number of piperidine rings is 1. The van der Waals surface area contributed by atoms with Gasteiger partial charge in [0.1, 0.15) is 5.15 Å². The molecule has 5 nitrogen and oxygen atoms in total. The minimum Gasteiger partial charge on any atom is -0.304 e. The highest BCUT2D eigenvalue weighted by molar-refractivity contribution is 6.30. The standard InChI is InChI=1S/C14H22ClN3O2/c1-8(2)11-12(15)16-14(20)18(13(11)19)10-5-6-17(4)9(3)7-10/h8-10H,5-7H2,1-4H3,(H,16,20). The molecule has 1 aliphatic rings. The van der Waals surface area contributed by atoms with E-state index in [1.54, 1.807) is 0 Å². The number of halogens is 1. The van der Waals surface area contributed by atoms with Crippen LogP contribution in [0.2, 0.25) is 5.15 Å². The molecule has 2 heterocycles. The van der Waals surface area contributed by atoms with Crippen LogP contribution < -0.4 is 11.2 Å². The van der Waals surface area contributed by atoms with Gasteiger partial charge in [0.15, 0.2) is 0 Å². The first-order valence-corrected chi connectivity index (χ1v) is 7.45. The van der Waals surface area contributed by atoms with Crippen molar-refractivity contribution in [2.75, 3.05) is 13.6 Å². The molecule has 1 aliphatic heterocycles. The highest BCUT2D eigenvalue weighted by Crippen LogP contribution is 2.25. The third kappa shape index (κ3) is 2.69. The highest BCUT2D eigenvalue weighted by Gasteiger charge is 2.27. The largest absolute Gasteiger partial charge is 0.329 e. The van der Waals surface area contributed by atoms with Crippen molar-refractivity contribution < 1.29 is 0 Å². The number of hydrogen-bond acceptors (Lipinski definition) is 3. The summed E-state index contributed by atoms with van der Waals surface area (Å²) in [5.74, 6) is -0.0122. The van der Waals surface area contributed by atoms with Gasteiger partial charge < -0.3 is 4.90 Å². The van der Waals surface area contributed by atoms with Crippen molar-refractivity contribution in [3.63, 3.8) is 0 Å². The van der Waals surface area contributed by atoms with E-state index in [1.807, 2.05) is 13.8 Å². The van der Waals surface area contributed by atoms with Gasteiger partial charge in [-0.1, -0.05) is 25.4 Å². The van der Waals surface area contributed by atoms with Crippen molar-refractivity contribution in [1.29, 1.82) is 0 Å². The zero-order valence-corrected chi connectivity index (χ0v) is 13.2. The van der Waals surface area contributed by atoms with E-state index in [9.17, 15) is 9.59 Å². The van der Waals surface area contributed by atoms with Gasteiger partial charge in [0, 0.05) is 18.6 Å². The molecule has 0 saturated carbocycles. The summed E-state index contributed by atoms with van der Waals surface area (Å²) in [6.07, 6.45) is 1.61. The Morgan fingerprint density at radius 3 is 2.55 bits per heavy atom. The first kappa shape index (κ1) is 15.3. The van der Waals surface area contributed by atoms with Crippen molar-refractivity contribution >= 4 is 11.6 Å². The van der Waals surface area contributed by atoms with Gasteiger partial charge in [0.05, 0.1) is 5.56 Å². The molecule has 0 spiro atoms. The second kappa shape index (κ2) is 5.74. The molecule has 0 amide bonds. The van der Waals surface area contributed by atoms with Crippen LogP contribution in [0.1, 0.15) is 51.1 Å². The smallest absolute Gasteiger partial charge is 0.304 e. The monoisotopic (exact) mass is 299 g/mol. The second-order valence-corrected chi connectivity index (χ2v) is 6.37. The van der Waals surface area contributed by atoms with Crippen LogP contribution in [0.4, 0.5) is 0 Å². The summed E-state index contributed by atoms with van der Waals surface area (Å²) < 4.78 is 1.37. The Balaban J connectivity index is 2.50. The summed E-state index contributed by atoms with van der Waals surface area (Å²) in [7, 11) is 2.06. The molecule has 2 atom stereocenters. The summed E-state index contributed by atoms with van der Waals surface area (Å²) in [5.41, 5.74) is -0.139. The maximum atomic E-state index is 12.6. The lowest BCUT2D eigenvalue weighted by Gasteiger charge is -2.35. The molecule has 112 valence electrons. The Morgan fingerprint density at radius 2 is 2.00 bits per heavy atom. The van der Waals surface area contributed by atoms with Crippen LogP contribution in [-0.4, -0.2) is 34.1 Å². The third-order valence-electron chi connectivity index (χ3n) is 4.24. The fourth-order valence-corrected chi connectivity index (χ4v) is 3.25. The molecular weight excluding hydrogens is 278 g/mol. The Kier molecular flexibility index (Phi) is 4.39. The molecule has 0 bridgehead atoms. The molecule has 1 saturated heterocycles. The maximum absolute atomic E-state index is 12.6. The minimum absolute atomic E-state index is 0.0122. The second-order valence-electron chi connectivity index (χ2n) is 6.00. The number of nitrogens with one attached hydrogen (secondary N) is 1. The average Bonchev–Trinajstić information content (AvgIpc) is 2.32. The first-order valence-electron chi connectivity index (χ1n) is 7.07. The summed E-state index contributed by atoms with van der Waals surface area (Å²) in [4.78, 5) is 29.6. The van der Waals surface area contributed by atoms with E-state index in [2.05, 4.69) is 23.9 Å². The Morgan fingerprint density at radius 1 is 1.35 bits per heavy atom. The topological polar surface area (TPSA) is 58.1 Å². The van der Waals surface area contributed by atoms with E-state index in [0.717, 1.165) is 19.4 Å². The van der Waals surface area contributed by atoms with Gasteiger partial charge in [-0.15, -0.1) is 0 Å². The molecule has 0 radical (unpaired) electrons. The predicted molar refractivity (Wildman–Crippen MR) is 80.8 cm³/mol. The van der Waals surface area contributed by atoms with E-state index in [1.165, 1.54) is 4.57 Å². The van der Waals surface area contributed by atoms with Gasteiger partial charge >= 0.3 is 5.69 Å². The lowest BCUT2D eigenvalue weighted by Crippen LogP contribution is -2.46. The fourth-order valence-electron chi connectivity index (χ4n) is 2.87. The summed E-state index contributed by atoms with van der Waals surface area (Å²) in [6.45, 7) is 6.81. The molecular formula is C14H22ClN3O2. The van der Waals surface area contributed by atoms with Crippen molar-refractivity contribution in [3.05, 3.63) is 31.6 Å². The van der Waals surface area contributed by atoms with Crippen LogP contribution in [0.3, 0.4) is 0 Å². The molecule has 2 rings (SSSR count). The molecule has 1 aromatic heterocycles. The maximum Gasteiger partial charge on any atom is 0.329 e. The van der Waals surface area contributed by atoms with Crippen LogP contribution in [0, 0.1) is 0 Å². The summed E-state index contributed by atoms with van der Waals surface area (Å²) >= 11 is 6.02. The lowest BCUT2D eigenvalue weighted by molar-refractivity contribution is 0.152. The van der Waals surface area contributed by atoms with Gasteiger partial charge in [-0.05, 0) is 32.7 Å². The summed E-state index contributed by atoms with van der Waals surface area (Å²) in [6, 6.07) is 0.311. The van der Waals surface area contributed by atoms with Gasteiger partial charge in [-0.25, -0.2) is 4.79 Å². The molecule has 0 aliphatic carbocycles. The van der Waals surface area contributed by atoms with Gasteiger partial charge in [-0.3, -0.25) is 14.3 Å². The number of hydrogen-bond donors (Lipinski definition) is 1. The van der Waals surface area contributed by atoms with Crippen LogP contribution in [0.25, 0.3) is 0 Å². The molecule has 20 heavy (non-hydrogen) atoms. The van der Waals surface area contributed by atoms with Crippen LogP contribution in [0.15, 0.2) is 9.59 Å². The van der Waals surface area contributed by atoms with Gasteiger partial charge in [0.25, 0.3) is 5.56 Å². The van der Waals surface area contributed by atoms with E-state index in [0.29, 0.717) is 11.6 Å². The third-order valence-corrected chi connectivity index (χ3v) is 4.54. The average molecular weight is 300 g/mol. The van der Waals surface area contributed by atoms with Crippen molar-refractivity contribution in [2.24, 2.45) is 0 Å². The molecule has 1 aromatic rings. The number of H-pyrrole nitrogens is 1. The van der Waals surface area contributed by atoms with E-state index in [-0.39, 0.29) is 22.7 Å². The van der Waals surface area contributed by atoms with Gasteiger partial charge in [0.2, 0.25) is 0 Å².